The SMILES string of the molecule is CC(C)(C)OC(=O)NCCC(=O)N1CCN(Cc2ccc(Cl)s2)CC1. The number of nitrogens with one attached hydrogen (secondary N) is 1. The van der Waals surface area contributed by atoms with Crippen LogP contribution in [0.5, 0.6) is 0 Å². The van der Waals surface area contributed by atoms with Gasteiger partial charge in [0.2, 0.25) is 5.91 Å². The van der Waals surface area contributed by atoms with E-state index in [9.17, 15) is 9.59 Å². The second-order valence-electron chi connectivity index (χ2n) is 7.04. The zero-order valence-electron chi connectivity index (χ0n) is 15.0. The number of carbonyl (C=O) groups excluding carboxylic acids is 2. The van der Waals surface area contributed by atoms with E-state index in [1.54, 1.807) is 32.1 Å². The Labute approximate surface area is 158 Å². The van der Waals surface area contributed by atoms with Crippen molar-refractivity contribution in [3.8, 4) is 0 Å². The van der Waals surface area contributed by atoms with Gasteiger partial charge in [0, 0.05) is 50.6 Å². The molecule has 0 unspecified atom stereocenters. The molecule has 1 aliphatic heterocycles. The lowest BCUT2D eigenvalue weighted by molar-refractivity contribution is -0.132. The molecule has 6 nitrogen and oxygen atoms in total. The van der Waals surface area contributed by atoms with Crippen LogP contribution in [0.3, 0.4) is 0 Å². The molecular weight excluding hydrogens is 362 g/mol. The maximum absolute atomic E-state index is 12.2. The summed E-state index contributed by atoms with van der Waals surface area (Å²) in [5.74, 6) is 0.0647. The van der Waals surface area contributed by atoms with Crippen molar-refractivity contribution in [3.05, 3.63) is 21.3 Å². The van der Waals surface area contributed by atoms with E-state index in [2.05, 4.69) is 10.2 Å². The number of thiophene rings is 1. The molecule has 2 rings (SSSR count). The van der Waals surface area contributed by atoms with Crippen LogP contribution < -0.4 is 5.32 Å². The molecule has 0 spiro atoms. The predicted molar refractivity (Wildman–Crippen MR) is 100 cm³/mol. The van der Waals surface area contributed by atoms with E-state index < -0.39 is 11.7 Å². The summed E-state index contributed by atoms with van der Waals surface area (Å²) in [5, 5.41) is 2.62. The van der Waals surface area contributed by atoms with Gasteiger partial charge in [-0.1, -0.05) is 11.6 Å². The van der Waals surface area contributed by atoms with Gasteiger partial charge in [0.1, 0.15) is 5.60 Å². The van der Waals surface area contributed by atoms with Crippen molar-refractivity contribution >= 4 is 34.9 Å². The van der Waals surface area contributed by atoms with Crippen LogP contribution >= 0.6 is 22.9 Å². The Balaban J connectivity index is 1.64. The van der Waals surface area contributed by atoms with Crippen LogP contribution in [0.15, 0.2) is 12.1 Å². The van der Waals surface area contributed by atoms with Crippen molar-refractivity contribution in [2.45, 2.75) is 39.3 Å². The molecule has 1 aromatic heterocycles. The van der Waals surface area contributed by atoms with Crippen LogP contribution in [0.4, 0.5) is 4.79 Å². The molecule has 0 saturated carbocycles. The number of piperazine rings is 1. The van der Waals surface area contributed by atoms with Crippen LogP contribution in [0.2, 0.25) is 4.34 Å². The summed E-state index contributed by atoms with van der Waals surface area (Å²) in [6.07, 6.45) is -0.195. The van der Waals surface area contributed by atoms with Crippen molar-refractivity contribution in [1.29, 1.82) is 0 Å². The average Bonchev–Trinajstić information content (AvgIpc) is 2.91. The maximum Gasteiger partial charge on any atom is 0.407 e. The van der Waals surface area contributed by atoms with Crippen LogP contribution in [-0.2, 0) is 16.1 Å². The van der Waals surface area contributed by atoms with E-state index in [-0.39, 0.29) is 5.91 Å². The van der Waals surface area contributed by atoms with Gasteiger partial charge in [0.25, 0.3) is 0 Å². The summed E-state index contributed by atoms with van der Waals surface area (Å²) >= 11 is 7.55. The smallest absolute Gasteiger partial charge is 0.407 e. The largest absolute Gasteiger partial charge is 0.444 e. The van der Waals surface area contributed by atoms with Gasteiger partial charge < -0.3 is 15.0 Å². The van der Waals surface area contributed by atoms with Crippen LogP contribution in [0.1, 0.15) is 32.1 Å². The number of rotatable bonds is 5. The molecule has 1 aliphatic rings. The van der Waals surface area contributed by atoms with Gasteiger partial charge in [0.05, 0.1) is 4.34 Å². The minimum Gasteiger partial charge on any atom is -0.444 e. The quantitative estimate of drug-likeness (QED) is 0.843. The standard InChI is InChI=1S/C17H26ClN3O3S/c1-17(2,3)24-16(23)19-7-6-15(22)21-10-8-20(9-11-21)12-13-4-5-14(18)25-13/h4-5H,6-12H2,1-3H3,(H,19,23). The second kappa shape index (κ2) is 8.87. The van der Waals surface area contributed by atoms with E-state index in [1.165, 1.54) is 4.88 Å². The molecule has 8 heteroatoms. The molecule has 0 bridgehead atoms. The molecule has 1 aromatic rings. The molecule has 2 heterocycles. The number of halogens is 1. The summed E-state index contributed by atoms with van der Waals surface area (Å²) in [7, 11) is 0. The first-order valence-corrected chi connectivity index (χ1v) is 9.63. The van der Waals surface area contributed by atoms with E-state index in [4.69, 9.17) is 16.3 Å². The molecule has 140 valence electrons. The number of nitrogens with zero attached hydrogens (tertiary/aromatic N) is 2. The average molecular weight is 388 g/mol. The lowest BCUT2D eigenvalue weighted by Crippen LogP contribution is -2.48. The van der Waals surface area contributed by atoms with Gasteiger partial charge in [-0.2, -0.15) is 0 Å². The van der Waals surface area contributed by atoms with Crippen LogP contribution in [0.25, 0.3) is 0 Å². The van der Waals surface area contributed by atoms with Gasteiger partial charge in [-0.15, -0.1) is 11.3 Å². The van der Waals surface area contributed by atoms with E-state index >= 15 is 0 Å². The lowest BCUT2D eigenvalue weighted by atomic mass is 10.2. The monoisotopic (exact) mass is 387 g/mol. The first-order chi connectivity index (χ1) is 11.7. The Bertz CT molecular complexity index is 592. The molecule has 0 aromatic carbocycles. The highest BCUT2D eigenvalue weighted by atomic mass is 35.5. The van der Waals surface area contributed by atoms with Crippen molar-refractivity contribution in [2.75, 3.05) is 32.7 Å². The fourth-order valence-corrected chi connectivity index (χ4v) is 3.69. The molecular formula is C17H26ClN3O3S. The molecule has 1 N–H and O–H groups in total. The zero-order valence-corrected chi connectivity index (χ0v) is 16.6. The topological polar surface area (TPSA) is 61.9 Å². The number of hydrogen-bond donors (Lipinski definition) is 1. The Morgan fingerprint density at radius 3 is 2.48 bits per heavy atom. The number of carbonyl (C=O) groups is 2. The van der Waals surface area contributed by atoms with Gasteiger partial charge in [-0.3, -0.25) is 9.69 Å². The Hall–Kier alpha value is -1.31. The number of alkyl carbamates (subject to hydrolysis) is 1. The summed E-state index contributed by atoms with van der Waals surface area (Å²) < 4.78 is 5.95. The first-order valence-electron chi connectivity index (χ1n) is 8.44. The molecule has 0 aliphatic carbocycles. The van der Waals surface area contributed by atoms with Gasteiger partial charge in [0.15, 0.2) is 0 Å². The highest BCUT2D eigenvalue weighted by Gasteiger charge is 2.22. The lowest BCUT2D eigenvalue weighted by Gasteiger charge is -2.34. The Morgan fingerprint density at radius 1 is 1.24 bits per heavy atom. The normalized spacial score (nSPS) is 15.9. The summed E-state index contributed by atoms with van der Waals surface area (Å²) in [4.78, 5) is 29.2. The van der Waals surface area contributed by atoms with Crippen molar-refractivity contribution in [2.24, 2.45) is 0 Å². The predicted octanol–water partition coefficient (Wildman–Crippen LogP) is 2.96. The Morgan fingerprint density at radius 2 is 1.92 bits per heavy atom. The third-order valence-corrected chi connectivity index (χ3v) is 4.96. The van der Waals surface area contributed by atoms with E-state index in [0.717, 1.165) is 24.0 Å². The molecule has 2 amide bonds. The maximum atomic E-state index is 12.2. The minimum atomic E-state index is -0.531. The van der Waals surface area contributed by atoms with Crippen molar-refractivity contribution in [1.82, 2.24) is 15.1 Å². The van der Waals surface area contributed by atoms with E-state index in [1.807, 2.05) is 17.0 Å². The first kappa shape index (κ1) is 20.0. The fourth-order valence-electron chi connectivity index (χ4n) is 2.56. The van der Waals surface area contributed by atoms with Crippen LogP contribution in [-0.4, -0.2) is 60.1 Å². The summed E-state index contributed by atoms with van der Waals surface area (Å²) in [6.45, 7) is 9.71. The zero-order chi connectivity index (χ0) is 18.4. The van der Waals surface area contributed by atoms with Gasteiger partial charge in [-0.05, 0) is 32.9 Å². The summed E-state index contributed by atoms with van der Waals surface area (Å²) in [5.41, 5.74) is -0.531. The van der Waals surface area contributed by atoms with E-state index in [0.29, 0.717) is 26.1 Å². The fraction of sp³-hybridized carbons (Fsp3) is 0.647. The molecule has 1 fully saturated rings. The van der Waals surface area contributed by atoms with Gasteiger partial charge >= 0.3 is 6.09 Å². The molecule has 1 saturated heterocycles. The third-order valence-electron chi connectivity index (χ3n) is 3.74. The highest BCUT2D eigenvalue weighted by Crippen LogP contribution is 2.23. The number of hydrogen-bond acceptors (Lipinski definition) is 5. The van der Waals surface area contributed by atoms with Crippen molar-refractivity contribution < 1.29 is 14.3 Å². The molecule has 0 radical (unpaired) electrons. The summed E-state index contributed by atoms with van der Waals surface area (Å²) in [6, 6.07) is 3.96. The molecule has 0 atom stereocenters. The number of ether oxygens (including phenoxy) is 1. The second-order valence-corrected chi connectivity index (χ2v) is 8.84. The van der Waals surface area contributed by atoms with Crippen molar-refractivity contribution in [3.63, 3.8) is 0 Å². The third kappa shape index (κ3) is 7.22. The highest BCUT2D eigenvalue weighted by molar-refractivity contribution is 7.16. The minimum absolute atomic E-state index is 0.0647. The van der Waals surface area contributed by atoms with Gasteiger partial charge in [-0.25, -0.2) is 4.79 Å². The van der Waals surface area contributed by atoms with Crippen LogP contribution in [0, 0.1) is 0 Å². The Kier molecular flexibility index (Phi) is 7.10. The molecule has 25 heavy (non-hydrogen) atoms. The number of amides is 2.